The minimum atomic E-state index is -1.37. The Morgan fingerprint density at radius 2 is 1.28 bits per heavy atom. The first-order valence-corrected chi connectivity index (χ1v) is 31.8. The maximum atomic E-state index is 14.0. The highest BCUT2D eigenvalue weighted by Gasteiger charge is 2.32. The number of carbonyl (C=O) groups excluding carboxylic acids is 8. The number of ketones is 1. The number of pyridine rings is 1. The summed E-state index contributed by atoms with van der Waals surface area (Å²) in [6.07, 6.45) is -0.155. The first kappa shape index (κ1) is 76.8. The maximum Gasteiger partial charge on any atom is 0.408 e. The van der Waals surface area contributed by atoms with Crippen LogP contribution >= 0.6 is 23.4 Å². The maximum absolute atomic E-state index is 14.0. The molecule has 4 rings (SSSR count). The lowest BCUT2D eigenvalue weighted by Crippen LogP contribution is -2.52. The lowest BCUT2D eigenvalue weighted by atomic mass is 9.97. The van der Waals surface area contributed by atoms with Gasteiger partial charge in [-0.15, -0.1) is 0 Å². The van der Waals surface area contributed by atoms with Gasteiger partial charge >= 0.3 is 36.2 Å². The van der Waals surface area contributed by atoms with Crippen LogP contribution in [-0.2, 0) is 58.1 Å². The normalized spacial score (nSPS) is 13.2. The molecule has 0 aliphatic heterocycles. The second-order valence-electron chi connectivity index (χ2n) is 25.9. The van der Waals surface area contributed by atoms with Crippen LogP contribution in [0, 0.1) is 23.8 Å². The second-order valence-corrected chi connectivity index (χ2v) is 27.3. The number of rotatable bonds is 31. The molecule has 0 radical (unpaired) electrons. The Bertz CT molecular complexity index is 3300. The van der Waals surface area contributed by atoms with Crippen molar-refractivity contribution in [2.75, 3.05) is 25.5 Å². The molecule has 2 aromatic heterocycles. The number of nitrogens with two attached hydrogens (primary N) is 1. The van der Waals surface area contributed by atoms with E-state index < -0.39 is 114 Å². The Labute approximate surface area is 553 Å². The first-order chi connectivity index (χ1) is 43.4. The molecule has 506 valence electrons. The number of thioether (sulfide) groups is 1. The molecule has 25 nitrogen and oxygen atoms in total. The average molecular weight is 1330 g/mol. The zero-order valence-corrected chi connectivity index (χ0v) is 57.0. The molecule has 0 spiro atoms. The fourth-order valence-electron chi connectivity index (χ4n) is 8.57. The Kier molecular flexibility index (Phi) is 29.3. The van der Waals surface area contributed by atoms with Gasteiger partial charge < -0.3 is 64.6 Å². The molecule has 93 heavy (non-hydrogen) atoms. The zero-order chi connectivity index (χ0) is 69.4. The van der Waals surface area contributed by atoms with Crippen molar-refractivity contribution in [3.63, 3.8) is 0 Å². The third kappa shape index (κ3) is 28.4. The number of anilines is 1. The highest BCUT2D eigenvalue weighted by Crippen LogP contribution is 2.42. The second kappa shape index (κ2) is 35.4. The summed E-state index contributed by atoms with van der Waals surface area (Å²) in [7, 11) is 0. The van der Waals surface area contributed by atoms with Gasteiger partial charge in [0.1, 0.15) is 76.6 Å². The standard InChI is InChI=1S/C66H88ClN9O16S/c1-39(33-50(77)48(74-61(83)91-65(9,10)11)21-19-20-32-71-60(82)90-64(6,7)8)58(80)87-37-46(88-59(81)40(2)72-55(79)49(75-62(84)92-66(12,13)14)22-17-16-18-23-51(78)89-63(3,4)5)36-85-45-30-26-41(27-31-45)52-47(34-68)57(76-54(69)53(52)70-15)93-38-44-35-86-56(73-44)42-24-28-43(67)29-25-42/h24-31,35,39-40,46,48-49H,16-23,32-33,36-38H2,1-14H3,(H2,69,76)(H,71,82)(H,72,79)(H,74,83)(H,75,84)/t39-,40+,46-,48+,49+/m1/s1. The number of hydrogen-bond donors (Lipinski definition) is 5. The van der Waals surface area contributed by atoms with Crippen LogP contribution in [0.3, 0.4) is 0 Å². The van der Waals surface area contributed by atoms with Crippen molar-refractivity contribution in [1.29, 1.82) is 5.26 Å². The zero-order valence-electron chi connectivity index (χ0n) is 55.5. The van der Waals surface area contributed by atoms with Gasteiger partial charge in [0.15, 0.2) is 11.9 Å². The molecule has 2 aromatic carbocycles. The van der Waals surface area contributed by atoms with Crippen molar-refractivity contribution in [3.8, 4) is 34.4 Å². The van der Waals surface area contributed by atoms with E-state index in [0.717, 1.165) is 11.8 Å². The van der Waals surface area contributed by atoms with Gasteiger partial charge in [0, 0.05) is 41.3 Å². The number of unbranched alkanes of at least 4 members (excludes halogenated alkanes) is 3. The van der Waals surface area contributed by atoms with Gasteiger partial charge in [-0.25, -0.2) is 34.0 Å². The molecule has 4 aromatic rings. The highest BCUT2D eigenvalue weighted by atomic mass is 35.5. The summed E-state index contributed by atoms with van der Waals surface area (Å²) in [4.78, 5) is 119. The number of nitrogens with zero attached hydrogens (tertiary/aromatic N) is 4. The monoisotopic (exact) mass is 1330 g/mol. The van der Waals surface area contributed by atoms with E-state index in [1.807, 2.05) is 0 Å². The highest BCUT2D eigenvalue weighted by molar-refractivity contribution is 7.98. The number of alkyl carbamates (subject to hydrolysis) is 3. The number of esters is 3. The molecule has 0 unspecified atom stereocenters. The Balaban J connectivity index is 1.56. The summed E-state index contributed by atoms with van der Waals surface area (Å²) in [5.74, 6) is -3.96. The number of amides is 4. The number of carbonyl (C=O) groups is 8. The molecule has 27 heteroatoms. The Morgan fingerprint density at radius 3 is 1.87 bits per heavy atom. The quantitative estimate of drug-likeness (QED) is 0.0103. The van der Waals surface area contributed by atoms with E-state index in [1.54, 1.807) is 119 Å². The summed E-state index contributed by atoms with van der Waals surface area (Å²) in [5, 5.41) is 21.7. The fourth-order valence-corrected chi connectivity index (χ4v) is 9.57. The molecule has 5 atom stereocenters. The summed E-state index contributed by atoms with van der Waals surface area (Å²) in [6.45, 7) is 30.4. The molecule has 0 aliphatic carbocycles. The minimum Gasteiger partial charge on any atom is -0.490 e. The van der Waals surface area contributed by atoms with E-state index in [1.165, 1.54) is 32.2 Å². The molecule has 6 N–H and O–H groups in total. The number of ether oxygens (including phenoxy) is 7. The number of hydrogen-bond acceptors (Lipinski definition) is 21. The topological polar surface area (TPSA) is 342 Å². The molecule has 0 saturated carbocycles. The van der Waals surface area contributed by atoms with Gasteiger partial charge in [-0.2, -0.15) is 5.26 Å². The van der Waals surface area contributed by atoms with Crippen molar-refractivity contribution >= 4 is 82.7 Å². The van der Waals surface area contributed by atoms with Gasteiger partial charge in [0.25, 0.3) is 0 Å². The van der Waals surface area contributed by atoms with Crippen molar-refractivity contribution in [1.82, 2.24) is 31.2 Å². The van der Waals surface area contributed by atoms with Crippen molar-refractivity contribution in [3.05, 3.63) is 82.5 Å². The van der Waals surface area contributed by atoms with Crippen LogP contribution in [0.5, 0.6) is 5.75 Å². The number of nitrogens with one attached hydrogen (secondary N) is 4. The molecular weight excluding hydrogens is 1240 g/mol. The van der Waals surface area contributed by atoms with E-state index in [9.17, 15) is 43.6 Å². The lowest BCUT2D eigenvalue weighted by Gasteiger charge is -2.25. The Morgan fingerprint density at radius 1 is 0.710 bits per heavy atom. The van der Waals surface area contributed by atoms with Crippen LogP contribution in [0.15, 0.2) is 64.2 Å². The summed E-state index contributed by atoms with van der Waals surface area (Å²) in [5.41, 5.74) is 5.03. The van der Waals surface area contributed by atoms with Gasteiger partial charge in [-0.1, -0.05) is 55.3 Å². The lowest BCUT2D eigenvalue weighted by molar-refractivity contribution is -0.164. The number of nitriles is 1. The van der Waals surface area contributed by atoms with Crippen molar-refractivity contribution < 1.29 is 75.9 Å². The first-order valence-electron chi connectivity index (χ1n) is 30.5. The summed E-state index contributed by atoms with van der Waals surface area (Å²) < 4.78 is 44.8. The fraction of sp³-hybridized carbons (Fsp3) is 0.545. The number of halogens is 1. The summed E-state index contributed by atoms with van der Waals surface area (Å²) in [6, 6.07) is 11.7. The van der Waals surface area contributed by atoms with E-state index in [-0.39, 0.29) is 70.9 Å². The van der Waals surface area contributed by atoms with Crippen LogP contribution in [-0.4, -0.2) is 124 Å². The van der Waals surface area contributed by atoms with Crippen LogP contribution in [0.2, 0.25) is 5.02 Å². The smallest absolute Gasteiger partial charge is 0.408 e. The van der Waals surface area contributed by atoms with Crippen molar-refractivity contribution in [2.24, 2.45) is 5.92 Å². The van der Waals surface area contributed by atoms with E-state index in [4.69, 9.17) is 61.5 Å². The van der Waals surface area contributed by atoms with E-state index in [2.05, 4.69) is 42.1 Å². The predicted molar refractivity (Wildman–Crippen MR) is 348 cm³/mol. The number of benzene rings is 2. The minimum absolute atomic E-state index is 0.0660. The molecule has 0 aliphatic rings. The molecule has 4 amide bonds. The van der Waals surface area contributed by atoms with Crippen LogP contribution in [0.4, 0.5) is 25.9 Å². The van der Waals surface area contributed by atoms with Crippen LogP contribution in [0.1, 0.15) is 166 Å². The largest absolute Gasteiger partial charge is 0.490 e. The molecule has 0 fully saturated rings. The Hall–Kier alpha value is -8.62. The van der Waals surface area contributed by atoms with Crippen LogP contribution in [0.25, 0.3) is 27.4 Å². The molecule has 2 heterocycles. The van der Waals surface area contributed by atoms with Gasteiger partial charge in [-0.05, 0) is 164 Å². The van der Waals surface area contributed by atoms with Crippen molar-refractivity contribution in [2.45, 2.75) is 212 Å². The number of oxazole rings is 1. The summed E-state index contributed by atoms with van der Waals surface area (Å²) >= 11 is 7.22. The number of Topliss-reactive ketones (excluding diaryl/α,β-unsaturated/α-hetero) is 1. The third-order valence-corrected chi connectivity index (χ3v) is 14.0. The van der Waals surface area contributed by atoms with Crippen LogP contribution < -0.4 is 31.7 Å². The van der Waals surface area contributed by atoms with E-state index >= 15 is 0 Å². The van der Waals surface area contributed by atoms with Gasteiger partial charge in [0.2, 0.25) is 17.5 Å². The van der Waals surface area contributed by atoms with Gasteiger partial charge in [0.05, 0.1) is 29.8 Å². The molecule has 0 saturated heterocycles. The molecular formula is C66H88ClN9O16S. The number of nitrogen functional groups attached to an aromatic ring is 1. The average Bonchev–Trinajstić information content (AvgIpc) is 0.954. The van der Waals surface area contributed by atoms with E-state index in [0.29, 0.717) is 59.8 Å². The molecule has 0 bridgehead atoms. The third-order valence-electron chi connectivity index (χ3n) is 12.8. The predicted octanol–water partition coefficient (Wildman–Crippen LogP) is 12.1. The number of aromatic nitrogens is 2. The van der Waals surface area contributed by atoms with Gasteiger partial charge in [-0.3, -0.25) is 19.2 Å². The SMILES string of the molecule is [C-]#[N+]c1c(N)nc(SCc2coc(-c3ccc(Cl)cc3)n2)c(C#N)c1-c1ccc(OC[C@H](COC(=O)[C@H](C)CC(=O)[C@H](CCCCNC(=O)OC(C)(C)C)NC(=O)OC(C)(C)C)OC(=O)[C@H](C)NC(=O)[C@H](CCCCCC(=O)OC(C)(C)C)NC(=O)OC(C)(C)C)cc1.